The van der Waals surface area contributed by atoms with Gasteiger partial charge in [0.15, 0.2) is 17.7 Å². The average molecular weight is 398 g/mol. The maximum absolute atomic E-state index is 13.1. The summed E-state index contributed by atoms with van der Waals surface area (Å²) >= 11 is 5.74. The molecule has 1 aromatic carbocycles. The zero-order valence-electron chi connectivity index (χ0n) is 14.0. The van der Waals surface area contributed by atoms with Crippen LogP contribution < -0.4 is 10.6 Å². The molecule has 0 saturated carbocycles. The van der Waals surface area contributed by atoms with Crippen LogP contribution in [0, 0.1) is 11.6 Å². The van der Waals surface area contributed by atoms with Crippen LogP contribution in [0.1, 0.15) is 17.4 Å². The quantitative estimate of drug-likeness (QED) is 0.729. The first-order valence-electron chi connectivity index (χ1n) is 7.61. The molecule has 0 radical (unpaired) electrons. The molecule has 2 amide bonds. The number of nitrogens with zero attached hydrogens (tertiary/aromatic N) is 1. The van der Waals surface area contributed by atoms with Crippen LogP contribution >= 0.6 is 11.6 Å². The second-order valence-electron chi connectivity index (χ2n) is 5.29. The Morgan fingerprint density at radius 2 is 1.93 bits per heavy atom. The van der Waals surface area contributed by atoms with Gasteiger partial charge in [0.05, 0.1) is 0 Å². The number of rotatable bonds is 6. The Morgan fingerprint density at radius 3 is 2.59 bits per heavy atom. The first-order valence-corrected chi connectivity index (χ1v) is 7.99. The zero-order valence-corrected chi connectivity index (χ0v) is 14.7. The van der Waals surface area contributed by atoms with Crippen molar-refractivity contribution >= 4 is 35.1 Å². The molecule has 142 valence electrons. The molecule has 0 unspecified atom stereocenters. The number of hydrogen-bond donors (Lipinski definition) is 2. The number of aromatic nitrogens is 1. The molecule has 0 bridgehead atoms. The zero-order chi connectivity index (χ0) is 20.0. The van der Waals surface area contributed by atoms with Crippen LogP contribution in [0.5, 0.6) is 0 Å². The van der Waals surface area contributed by atoms with Crippen molar-refractivity contribution in [2.24, 2.45) is 0 Å². The van der Waals surface area contributed by atoms with E-state index >= 15 is 0 Å². The molecule has 2 rings (SSSR count). The lowest BCUT2D eigenvalue weighted by Gasteiger charge is -2.14. The summed E-state index contributed by atoms with van der Waals surface area (Å²) in [5.41, 5.74) is 0.0153. The molecule has 2 aromatic rings. The first-order chi connectivity index (χ1) is 12.8. The summed E-state index contributed by atoms with van der Waals surface area (Å²) in [5.74, 6) is -4.46. The van der Waals surface area contributed by atoms with Gasteiger partial charge < -0.3 is 15.4 Å². The highest BCUT2D eigenvalue weighted by atomic mass is 35.5. The van der Waals surface area contributed by atoms with Gasteiger partial charge in [-0.3, -0.25) is 19.4 Å². The lowest BCUT2D eigenvalue weighted by atomic mass is 10.3. The fraction of sp³-hybridized carbons (Fsp3) is 0.176. The first kappa shape index (κ1) is 20.2. The lowest BCUT2D eigenvalue weighted by Crippen LogP contribution is -2.36. The van der Waals surface area contributed by atoms with E-state index in [9.17, 15) is 23.2 Å². The predicted molar refractivity (Wildman–Crippen MR) is 92.1 cm³/mol. The maximum atomic E-state index is 13.1. The minimum Gasteiger partial charge on any atom is -0.451 e. The second kappa shape index (κ2) is 9.04. The van der Waals surface area contributed by atoms with Crippen molar-refractivity contribution in [1.82, 2.24) is 10.3 Å². The van der Waals surface area contributed by atoms with Crippen LogP contribution in [0.3, 0.4) is 0 Å². The minimum atomic E-state index is -1.23. The number of benzene rings is 1. The molecule has 0 aliphatic rings. The van der Waals surface area contributed by atoms with Crippen LogP contribution in [0.2, 0.25) is 5.02 Å². The number of hydrogen-bond acceptors (Lipinski definition) is 5. The Balaban J connectivity index is 1.82. The number of nitrogens with one attached hydrogen (secondary N) is 2. The molecule has 1 heterocycles. The Hall–Kier alpha value is -3.07. The number of pyridine rings is 1. The van der Waals surface area contributed by atoms with Gasteiger partial charge in [-0.15, -0.1) is 0 Å². The van der Waals surface area contributed by atoms with Crippen LogP contribution in [0.25, 0.3) is 0 Å². The van der Waals surface area contributed by atoms with E-state index in [0.29, 0.717) is 5.02 Å². The van der Waals surface area contributed by atoms with Gasteiger partial charge in [-0.2, -0.15) is 0 Å². The third-order valence-corrected chi connectivity index (χ3v) is 3.45. The van der Waals surface area contributed by atoms with Gasteiger partial charge in [0, 0.05) is 23.0 Å². The molecule has 1 atom stereocenters. The maximum Gasteiger partial charge on any atom is 0.326 e. The fourth-order valence-electron chi connectivity index (χ4n) is 1.88. The third-order valence-electron chi connectivity index (χ3n) is 3.21. The van der Waals surface area contributed by atoms with E-state index < -0.39 is 42.1 Å². The molecule has 2 N–H and O–H groups in total. The van der Waals surface area contributed by atoms with Crippen molar-refractivity contribution in [2.75, 3.05) is 11.9 Å². The molecule has 10 heteroatoms. The van der Waals surface area contributed by atoms with Crippen LogP contribution in [-0.4, -0.2) is 35.4 Å². The number of ether oxygens (including phenoxy) is 1. The van der Waals surface area contributed by atoms with Crippen LogP contribution in [-0.2, 0) is 14.3 Å². The summed E-state index contributed by atoms with van der Waals surface area (Å²) in [6.07, 6.45) is 0.104. The van der Waals surface area contributed by atoms with E-state index in [-0.39, 0.29) is 11.4 Å². The molecule has 0 aliphatic carbocycles. The average Bonchev–Trinajstić information content (AvgIpc) is 2.62. The fourth-order valence-corrected chi connectivity index (χ4v) is 2.04. The van der Waals surface area contributed by atoms with E-state index in [4.69, 9.17) is 16.3 Å². The van der Waals surface area contributed by atoms with Crippen molar-refractivity contribution in [3.05, 3.63) is 58.9 Å². The predicted octanol–water partition coefficient (Wildman–Crippen LogP) is 2.31. The molecule has 0 spiro atoms. The number of anilines is 1. The summed E-state index contributed by atoms with van der Waals surface area (Å²) in [7, 11) is 0. The van der Waals surface area contributed by atoms with E-state index in [2.05, 4.69) is 15.6 Å². The summed E-state index contributed by atoms with van der Waals surface area (Å²) < 4.78 is 30.8. The van der Waals surface area contributed by atoms with E-state index in [1.54, 1.807) is 0 Å². The molecule has 1 aromatic heterocycles. The summed E-state index contributed by atoms with van der Waals surface area (Å²) in [6.45, 7) is 0.781. The smallest absolute Gasteiger partial charge is 0.326 e. The monoisotopic (exact) mass is 397 g/mol. The summed E-state index contributed by atoms with van der Waals surface area (Å²) in [5, 5.41) is 4.86. The van der Waals surface area contributed by atoms with Gasteiger partial charge >= 0.3 is 5.97 Å². The summed E-state index contributed by atoms with van der Waals surface area (Å²) in [6, 6.07) is 5.60. The Morgan fingerprint density at radius 1 is 1.19 bits per heavy atom. The van der Waals surface area contributed by atoms with Gasteiger partial charge in [-0.25, -0.2) is 8.78 Å². The van der Waals surface area contributed by atoms with Gasteiger partial charge in [-0.05, 0) is 31.2 Å². The van der Waals surface area contributed by atoms with Crippen molar-refractivity contribution < 1.29 is 27.9 Å². The highest BCUT2D eigenvalue weighted by Gasteiger charge is 2.19. The highest BCUT2D eigenvalue weighted by Crippen LogP contribution is 2.13. The normalized spacial score (nSPS) is 11.4. The Bertz CT molecular complexity index is 879. The minimum absolute atomic E-state index is 0.00197. The summed E-state index contributed by atoms with van der Waals surface area (Å²) in [4.78, 5) is 39.3. The van der Waals surface area contributed by atoms with E-state index in [1.165, 1.54) is 25.3 Å². The molecule has 0 aliphatic heterocycles. The SMILES string of the molecule is C[C@@H](OC(=O)CNC(=O)c1cc(Cl)ccn1)C(=O)Nc1ccc(F)c(F)c1. The van der Waals surface area contributed by atoms with Crippen LogP contribution in [0.15, 0.2) is 36.5 Å². The largest absolute Gasteiger partial charge is 0.451 e. The number of carbonyl (C=O) groups is 3. The van der Waals surface area contributed by atoms with Gasteiger partial charge in [0.1, 0.15) is 12.2 Å². The topological polar surface area (TPSA) is 97.4 Å². The second-order valence-corrected chi connectivity index (χ2v) is 5.73. The van der Waals surface area contributed by atoms with Crippen LogP contribution in [0.4, 0.5) is 14.5 Å². The number of esters is 1. The molecule has 7 nitrogen and oxygen atoms in total. The van der Waals surface area contributed by atoms with Gasteiger partial charge in [0.25, 0.3) is 11.8 Å². The number of halogens is 3. The molecular formula is C17H14ClF2N3O4. The lowest BCUT2D eigenvalue weighted by molar-refractivity contribution is -0.152. The van der Waals surface area contributed by atoms with E-state index in [1.807, 2.05) is 0 Å². The van der Waals surface area contributed by atoms with E-state index in [0.717, 1.165) is 18.2 Å². The van der Waals surface area contributed by atoms with Crippen molar-refractivity contribution in [1.29, 1.82) is 0 Å². The standard InChI is InChI=1S/C17H14ClF2N3O4/c1-9(16(25)23-11-2-3-12(19)13(20)7-11)27-15(24)8-22-17(26)14-6-10(18)4-5-21-14/h2-7,9H,8H2,1H3,(H,22,26)(H,23,25)/t9-/m1/s1. The Labute approximate surface area is 157 Å². The number of amides is 2. The Kier molecular flexibility index (Phi) is 6.78. The molecule has 0 saturated heterocycles. The van der Waals surface area contributed by atoms with Gasteiger partial charge in [-0.1, -0.05) is 11.6 Å². The molecular weight excluding hydrogens is 384 g/mol. The third kappa shape index (κ3) is 6.00. The molecule has 0 fully saturated rings. The van der Waals surface area contributed by atoms with Crippen molar-refractivity contribution in [2.45, 2.75) is 13.0 Å². The highest BCUT2D eigenvalue weighted by molar-refractivity contribution is 6.30. The number of carbonyl (C=O) groups excluding carboxylic acids is 3. The van der Waals surface area contributed by atoms with Gasteiger partial charge in [0.2, 0.25) is 0 Å². The van der Waals surface area contributed by atoms with Crippen molar-refractivity contribution in [3.8, 4) is 0 Å². The van der Waals surface area contributed by atoms with Crippen molar-refractivity contribution in [3.63, 3.8) is 0 Å². The molecule has 27 heavy (non-hydrogen) atoms.